The van der Waals surface area contributed by atoms with Crippen LogP contribution in [0, 0.1) is 17.2 Å². The Hall–Kier alpha value is -1.53. The van der Waals surface area contributed by atoms with Crippen LogP contribution in [-0.4, -0.2) is 36.9 Å². The predicted molar refractivity (Wildman–Crippen MR) is 115 cm³/mol. The fourth-order valence-electron chi connectivity index (χ4n) is 2.74. The molecule has 2 rings (SSSR count). The van der Waals surface area contributed by atoms with Crippen molar-refractivity contribution in [1.29, 1.82) is 0 Å². The van der Waals surface area contributed by atoms with Crippen molar-refractivity contribution >= 4 is 44.0 Å². The fourth-order valence-corrected chi connectivity index (χ4v) is 4.78. The molecule has 2 atom stereocenters. The molecule has 1 aromatic carbocycles. The number of halogens is 2. The van der Waals surface area contributed by atoms with Gasteiger partial charge in [-0.1, -0.05) is 25.4 Å². The normalized spacial score (nSPS) is 14.4. The minimum absolute atomic E-state index is 0.0324. The van der Waals surface area contributed by atoms with E-state index in [-0.39, 0.29) is 33.2 Å². The van der Waals surface area contributed by atoms with Crippen LogP contribution in [0.5, 0.6) is 0 Å². The number of nitrogens with two attached hydrogens (primary N) is 2. The lowest BCUT2D eigenvalue weighted by atomic mass is 9.80. The molecule has 1 heterocycles. The van der Waals surface area contributed by atoms with Crippen molar-refractivity contribution < 1.29 is 12.8 Å². The van der Waals surface area contributed by atoms with Crippen LogP contribution in [0.1, 0.15) is 27.2 Å². The van der Waals surface area contributed by atoms with E-state index in [1.807, 2.05) is 6.92 Å². The van der Waals surface area contributed by atoms with Crippen molar-refractivity contribution in [3.8, 4) is 0 Å². The molecule has 2 aromatic rings. The van der Waals surface area contributed by atoms with Crippen molar-refractivity contribution in [1.82, 2.24) is 9.36 Å². The molecular formula is C17H26ClFN6O2S2. The second kappa shape index (κ2) is 9.52. The lowest BCUT2D eigenvalue weighted by Crippen LogP contribution is -2.37. The van der Waals surface area contributed by atoms with Crippen molar-refractivity contribution in [2.75, 3.05) is 23.1 Å². The monoisotopic (exact) mass is 464 g/mol. The number of nitrogens with zero attached hydrogens (tertiary/aromatic N) is 2. The summed E-state index contributed by atoms with van der Waals surface area (Å²) in [6.07, 6.45) is 1.96. The van der Waals surface area contributed by atoms with Crippen LogP contribution in [-0.2, 0) is 10.0 Å². The molecule has 0 spiro atoms. The Kier molecular flexibility index (Phi) is 7.80. The van der Waals surface area contributed by atoms with Gasteiger partial charge in [0.05, 0.1) is 10.7 Å². The Labute approximate surface area is 179 Å². The number of benzene rings is 1. The average molecular weight is 465 g/mol. The Morgan fingerprint density at radius 3 is 2.62 bits per heavy atom. The van der Waals surface area contributed by atoms with Gasteiger partial charge in [-0.3, -0.25) is 4.72 Å². The summed E-state index contributed by atoms with van der Waals surface area (Å²) in [7, 11) is -4.19. The van der Waals surface area contributed by atoms with Crippen molar-refractivity contribution in [3.63, 3.8) is 0 Å². The van der Waals surface area contributed by atoms with E-state index in [0.29, 0.717) is 13.1 Å². The van der Waals surface area contributed by atoms with Crippen LogP contribution in [0.4, 0.5) is 15.2 Å². The molecule has 0 bridgehead atoms. The number of rotatable bonds is 10. The topological polar surface area (TPSA) is 136 Å². The predicted octanol–water partition coefficient (Wildman–Crippen LogP) is 2.88. The van der Waals surface area contributed by atoms with Crippen molar-refractivity contribution in [3.05, 3.63) is 29.3 Å². The minimum atomic E-state index is -4.19. The van der Waals surface area contributed by atoms with Crippen LogP contribution in [0.15, 0.2) is 23.4 Å². The molecule has 0 aliphatic rings. The third-order valence-electron chi connectivity index (χ3n) is 4.56. The van der Waals surface area contributed by atoms with Crippen LogP contribution < -0.4 is 21.5 Å². The molecule has 0 saturated heterocycles. The van der Waals surface area contributed by atoms with E-state index < -0.39 is 20.7 Å². The van der Waals surface area contributed by atoms with E-state index in [1.165, 1.54) is 6.33 Å². The van der Waals surface area contributed by atoms with E-state index in [2.05, 4.69) is 33.2 Å². The van der Waals surface area contributed by atoms with Gasteiger partial charge < -0.3 is 16.8 Å². The lowest BCUT2D eigenvalue weighted by Gasteiger charge is -2.31. The van der Waals surface area contributed by atoms with Crippen molar-refractivity contribution in [2.45, 2.75) is 38.1 Å². The first-order chi connectivity index (χ1) is 13.4. The van der Waals surface area contributed by atoms with Gasteiger partial charge in [-0.05, 0) is 43.4 Å². The maximum Gasteiger partial charge on any atom is 0.266 e. The number of hydrogen-bond acceptors (Lipinski definition) is 8. The molecule has 1 aromatic heterocycles. The largest absolute Gasteiger partial charge is 0.383 e. The van der Waals surface area contributed by atoms with Gasteiger partial charge >= 0.3 is 0 Å². The molecular weight excluding hydrogens is 439 g/mol. The highest BCUT2D eigenvalue weighted by Crippen LogP contribution is 2.31. The average Bonchev–Trinajstić information content (AvgIpc) is 3.12. The van der Waals surface area contributed by atoms with Gasteiger partial charge in [0.15, 0.2) is 0 Å². The molecule has 2 unspecified atom stereocenters. The van der Waals surface area contributed by atoms with Gasteiger partial charge in [0.1, 0.15) is 17.0 Å². The van der Waals surface area contributed by atoms with Crippen LogP contribution in [0.2, 0.25) is 5.02 Å². The summed E-state index contributed by atoms with van der Waals surface area (Å²) in [5, 5.41) is 3.18. The van der Waals surface area contributed by atoms with E-state index in [1.54, 1.807) is 0 Å². The Morgan fingerprint density at radius 2 is 2.07 bits per heavy atom. The summed E-state index contributed by atoms with van der Waals surface area (Å²) < 4.78 is 45.3. The maximum absolute atomic E-state index is 14.6. The summed E-state index contributed by atoms with van der Waals surface area (Å²) in [4.78, 5) is 3.15. The SMILES string of the molecule is CC(N)C(CNc1cc(F)c(S(=O)(=O)Nc2ncns2)cc1Cl)CC(C)(C)CN. The van der Waals surface area contributed by atoms with Crippen LogP contribution in [0.25, 0.3) is 0 Å². The van der Waals surface area contributed by atoms with Gasteiger partial charge in [0, 0.05) is 24.1 Å². The fraction of sp³-hybridized carbons (Fsp3) is 0.529. The Morgan fingerprint density at radius 1 is 1.38 bits per heavy atom. The molecule has 29 heavy (non-hydrogen) atoms. The zero-order valence-electron chi connectivity index (χ0n) is 16.4. The summed E-state index contributed by atoms with van der Waals surface area (Å²) in [5.74, 6) is -0.872. The third kappa shape index (κ3) is 6.48. The summed E-state index contributed by atoms with van der Waals surface area (Å²) in [5.41, 5.74) is 12.1. The van der Waals surface area contributed by atoms with E-state index in [9.17, 15) is 12.8 Å². The van der Waals surface area contributed by atoms with E-state index >= 15 is 0 Å². The standard InChI is InChI=1S/C17H26ClFN6O2S2/c1-10(21)11(6-17(2,3)8-20)7-22-14-5-13(19)15(4-12(14)18)29(26,27)25-16-23-9-24-28-16/h4-5,9-11,22H,6-8,20-21H2,1-3H3,(H,23,24,25). The molecule has 0 aliphatic heterocycles. The minimum Gasteiger partial charge on any atom is -0.383 e. The quantitative estimate of drug-likeness (QED) is 0.424. The smallest absolute Gasteiger partial charge is 0.266 e. The van der Waals surface area contributed by atoms with Crippen LogP contribution in [0.3, 0.4) is 0 Å². The maximum atomic E-state index is 14.6. The van der Waals surface area contributed by atoms with Gasteiger partial charge in [-0.25, -0.2) is 17.8 Å². The van der Waals surface area contributed by atoms with Gasteiger partial charge in [-0.2, -0.15) is 4.37 Å². The Balaban J connectivity index is 2.18. The molecule has 0 radical (unpaired) electrons. The highest BCUT2D eigenvalue weighted by Gasteiger charge is 2.26. The lowest BCUT2D eigenvalue weighted by molar-refractivity contribution is 0.261. The number of hydrogen-bond donors (Lipinski definition) is 4. The van der Waals surface area contributed by atoms with Crippen molar-refractivity contribution in [2.24, 2.45) is 22.8 Å². The third-order valence-corrected chi connectivity index (χ3v) is 6.94. The summed E-state index contributed by atoms with van der Waals surface area (Å²) in [6.45, 7) is 6.96. The number of nitrogens with one attached hydrogen (secondary N) is 2. The highest BCUT2D eigenvalue weighted by molar-refractivity contribution is 7.93. The zero-order chi connectivity index (χ0) is 21.8. The van der Waals surface area contributed by atoms with Gasteiger partial charge in [0.25, 0.3) is 10.0 Å². The number of aromatic nitrogens is 2. The molecule has 12 heteroatoms. The molecule has 0 amide bonds. The molecule has 0 saturated carbocycles. The first-order valence-electron chi connectivity index (χ1n) is 8.93. The first kappa shape index (κ1) is 23.7. The van der Waals surface area contributed by atoms with Crippen LogP contribution >= 0.6 is 23.1 Å². The first-order valence-corrected chi connectivity index (χ1v) is 11.6. The summed E-state index contributed by atoms with van der Waals surface area (Å²) in [6, 6.07) is 2.00. The molecule has 0 aliphatic carbocycles. The van der Waals surface area contributed by atoms with E-state index in [0.717, 1.165) is 30.1 Å². The van der Waals surface area contributed by atoms with E-state index in [4.69, 9.17) is 23.1 Å². The number of sulfonamides is 1. The second-order valence-electron chi connectivity index (χ2n) is 7.69. The zero-order valence-corrected chi connectivity index (χ0v) is 18.8. The molecule has 162 valence electrons. The molecule has 6 N–H and O–H groups in total. The molecule has 0 fully saturated rings. The summed E-state index contributed by atoms with van der Waals surface area (Å²) >= 11 is 7.05. The highest BCUT2D eigenvalue weighted by atomic mass is 35.5. The van der Waals surface area contributed by atoms with Gasteiger partial charge in [-0.15, -0.1) is 0 Å². The molecule has 8 nitrogen and oxygen atoms in total. The number of anilines is 2. The Bertz CT molecular complexity index is 922. The van der Waals surface area contributed by atoms with Gasteiger partial charge in [0.2, 0.25) is 5.13 Å². The second-order valence-corrected chi connectivity index (χ2v) is 10.5.